The van der Waals surface area contributed by atoms with Gasteiger partial charge in [-0.1, -0.05) is 20.8 Å². The van der Waals surface area contributed by atoms with E-state index in [4.69, 9.17) is 5.26 Å². The predicted octanol–water partition coefficient (Wildman–Crippen LogP) is 3.62. The molecule has 1 heterocycles. The molecular weight excluding hydrogens is 282 g/mol. The third-order valence-electron chi connectivity index (χ3n) is 4.09. The Morgan fingerprint density at radius 2 is 2.14 bits per heavy atom. The van der Waals surface area contributed by atoms with Gasteiger partial charge in [0.1, 0.15) is 17.5 Å². The Labute approximate surface area is 129 Å². The van der Waals surface area contributed by atoms with Gasteiger partial charge in [0.05, 0.1) is 11.6 Å². The molecule has 0 saturated heterocycles. The lowest BCUT2D eigenvalue weighted by atomic mass is 9.72. The van der Waals surface area contributed by atoms with Gasteiger partial charge in [-0.15, -0.1) is 11.3 Å². The maximum atomic E-state index is 11.6. The van der Waals surface area contributed by atoms with Crippen LogP contribution < -0.4 is 5.32 Å². The van der Waals surface area contributed by atoms with Gasteiger partial charge < -0.3 is 5.32 Å². The van der Waals surface area contributed by atoms with Crippen molar-refractivity contribution in [3.8, 4) is 12.1 Å². The highest BCUT2D eigenvalue weighted by molar-refractivity contribution is 7.16. The zero-order valence-corrected chi connectivity index (χ0v) is 13.4. The van der Waals surface area contributed by atoms with Crippen molar-refractivity contribution in [2.24, 2.45) is 11.3 Å². The van der Waals surface area contributed by atoms with Crippen molar-refractivity contribution in [2.45, 2.75) is 46.5 Å². The lowest BCUT2D eigenvalue weighted by Gasteiger charge is -2.33. The number of anilines is 1. The normalized spacial score (nSPS) is 17.5. The van der Waals surface area contributed by atoms with Crippen molar-refractivity contribution in [3.05, 3.63) is 16.0 Å². The van der Waals surface area contributed by atoms with Gasteiger partial charge in [-0.3, -0.25) is 4.79 Å². The first kappa shape index (κ1) is 15.5. The third kappa shape index (κ3) is 3.25. The highest BCUT2D eigenvalue weighted by atomic mass is 32.1. The predicted molar refractivity (Wildman–Crippen MR) is 82.9 cm³/mol. The van der Waals surface area contributed by atoms with Crippen LogP contribution >= 0.6 is 11.3 Å². The fourth-order valence-corrected chi connectivity index (χ4v) is 4.07. The van der Waals surface area contributed by atoms with E-state index in [1.54, 1.807) is 0 Å². The summed E-state index contributed by atoms with van der Waals surface area (Å²) in [6, 6.07) is 4.04. The molecule has 1 amide bonds. The molecule has 2 rings (SSSR count). The quantitative estimate of drug-likeness (QED) is 0.906. The van der Waals surface area contributed by atoms with Gasteiger partial charge >= 0.3 is 0 Å². The number of nitrogens with one attached hydrogen (secondary N) is 1. The molecule has 0 unspecified atom stereocenters. The van der Waals surface area contributed by atoms with E-state index in [9.17, 15) is 10.1 Å². The molecule has 1 aliphatic rings. The molecule has 1 aliphatic carbocycles. The summed E-state index contributed by atoms with van der Waals surface area (Å²) in [4.78, 5) is 12.8. The van der Waals surface area contributed by atoms with Crippen LogP contribution in [0.2, 0.25) is 0 Å². The minimum Gasteiger partial charge on any atom is -0.316 e. The van der Waals surface area contributed by atoms with Crippen LogP contribution in [-0.4, -0.2) is 5.91 Å². The minimum absolute atomic E-state index is 0.182. The number of nitriles is 2. The largest absolute Gasteiger partial charge is 0.316 e. The molecule has 0 saturated carbocycles. The van der Waals surface area contributed by atoms with Crippen LogP contribution in [0, 0.1) is 34.0 Å². The molecule has 0 spiro atoms. The van der Waals surface area contributed by atoms with Crippen molar-refractivity contribution in [2.75, 3.05) is 5.32 Å². The summed E-state index contributed by atoms with van der Waals surface area (Å²) < 4.78 is 0. The Kier molecular flexibility index (Phi) is 4.34. The number of amides is 1. The van der Waals surface area contributed by atoms with E-state index in [1.807, 2.05) is 6.07 Å². The van der Waals surface area contributed by atoms with Crippen molar-refractivity contribution >= 4 is 22.2 Å². The van der Waals surface area contributed by atoms with Crippen LogP contribution in [0.1, 0.15) is 49.6 Å². The molecule has 0 bridgehead atoms. The number of hydrogen-bond acceptors (Lipinski definition) is 4. The van der Waals surface area contributed by atoms with Crippen LogP contribution in [0.5, 0.6) is 0 Å². The molecule has 4 nitrogen and oxygen atoms in total. The smallest absolute Gasteiger partial charge is 0.239 e. The molecule has 21 heavy (non-hydrogen) atoms. The average Bonchev–Trinajstić information content (AvgIpc) is 2.73. The van der Waals surface area contributed by atoms with Gasteiger partial charge in [0.15, 0.2) is 0 Å². The first-order chi connectivity index (χ1) is 9.86. The summed E-state index contributed by atoms with van der Waals surface area (Å²) in [5, 5.41) is 21.2. The SMILES string of the molecule is CC(C)(C)[C@@H]1CCc2c(sc(NC(=O)CC#N)c2C#N)C1. The zero-order valence-electron chi connectivity index (χ0n) is 12.6. The van der Waals surface area contributed by atoms with Crippen LogP contribution in [0.4, 0.5) is 5.00 Å². The molecule has 0 aromatic carbocycles. The summed E-state index contributed by atoms with van der Waals surface area (Å²) in [6.45, 7) is 6.74. The van der Waals surface area contributed by atoms with Crippen LogP contribution in [-0.2, 0) is 17.6 Å². The van der Waals surface area contributed by atoms with Gasteiger partial charge in [-0.2, -0.15) is 10.5 Å². The van der Waals surface area contributed by atoms with Crippen LogP contribution in [0.25, 0.3) is 0 Å². The van der Waals surface area contributed by atoms with Crippen LogP contribution in [0.15, 0.2) is 0 Å². The molecule has 0 fully saturated rings. The van der Waals surface area contributed by atoms with Gasteiger partial charge in [0.2, 0.25) is 5.91 Å². The summed E-state index contributed by atoms with van der Waals surface area (Å²) in [7, 11) is 0. The Morgan fingerprint density at radius 1 is 1.43 bits per heavy atom. The van der Waals surface area contributed by atoms with Crippen LogP contribution in [0.3, 0.4) is 0 Å². The highest BCUT2D eigenvalue weighted by Crippen LogP contribution is 2.43. The lowest BCUT2D eigenvalue weighted by molar-refractivity contribution is -0.115. The average molecular weight is 301 g/mol. The van der Waals surface area contributed by atoms with E-state index in [-0.39, 0.29) is 17.7 Å². The second-order valence-electron chi connectivity index (χ2n) is 6.51. The summed E-state index contributed by atoms with van der Waals surface area (Å²) in [5.74, 6) is 0.248. The van der Waals surface area contributed by atoms with Gasteiger partial charge in [-0.05, 0) is 36.2 Å². The van der Waals surface area contributed by atoms with Crippen molar-refractivity contribution < 1.29 is 4.79 Å². The van der Waals surface area contributed by atoms with E-state index >= 15 is 0 Å². The van der Waals surface area contributed by atoms with E-state index in [2.05, 4.69) is 32.2 Å². The first-order valence-corrected chi connectivity index (χ1v) is 7.90. The van der Waals surface area contributed by atoms with Crippen molar-refractivity contribution in [1.29, 1.82) is 10.5 Å². The molecule has 0 aliphatic heterocycles. The summed E-state index contributed by atoms with van der Waals surface area (Å²) in [5.41, 5.74) is 1.93. The molecule has 1 aromatic rings. The standard InChI is InChI=1S/C16H19N3OS/c1-16(2,3)10-4-5-11-12(9-18)15(21-13(11)8-10)19-14(20)6-7-17/h10H,4-6,8H2,1-3H3,(H,19,20)/t10-/m1/s1. The molecule has 1 atom stereocenters. The number of hydrogen-bond donors (Lipinski definition) is 1. The second-order valence-corrected chi connectivity index (χ2v) is 7.61. The first-order valence-electron chi connectivity index (χ1n) is 7.08. The third-order valence-corrected chi connectivity index (χ3v) is 5.26. The molecule has 0 radical (unpaired) electrons. The number of rotatable bonds is 2. The highest BCUT2D eigenvalue weighted by Gasteiger charge is 2.32. The van der Waals surface area contributed by atoms with E-state index in [0.29, 0.717) is 16.5 Å². The number of fused-ring (bicyclic) bond motifs is 1. The molecular formula is C16H19N3OS. The van der Waals surface area contributed by atoms with E-state index in [1.165, 1.54) is 16.2 Å². The Balaban J connectivity index is 2.28. The van der Waals surface area contributed by atoms with E-state index < -0.39 is 0 Å². The zero-order chi connectivity index (χ0) is 15.6. The number of nitrogens with zero attached hydrogens (tertiary/aromatic N) is 2. The number of carbonyl (C=O) groups is 1. The second kappa shape index (κ2) is 5.87. The maximum Gasteiger partial charge on any atom is 0.239 e. The summed E-state index contributed by atoms with van der Waals surface area (Å²) >= 11 is 1.50. The monoisotopic (exact) mass is 301 g/mol. The Hall–Kier alpha value is -1.85. The van der Waals surface area contributed by atoms with Crippen molar-refractivity contribution in [1.82, 2.24) is 0 Å². The maximum absolute atomic E-state index is 11.6. The minimum atomic E-state index is -0.347. The Bertz CT molecular complexity index is 640. The van der Waals surface area contributed by atoms with E-state index in [0.717, 1.165) is 24.8 Å². The summed E-state index contributed by atoms with van der Waals surface area (Å²) in [6.07, 6.45) is 2.75. The fourth-order valence-electron chi connectivity index (χ4n) is 2.77. The lowest BCUT2D eigenvalue weighted by Crippen LogP contribution is -2.26. The molecule has 5 heteroatoms. The molecule has 110 valence electrons. The topological polar surface area (TPSA) is 76.7 Å². The van der Waals surface area contributed by atoms with Crippen molar-refractivity contribution in [3.63, 3.8) is 0 Å². The number of thiophene rings is 1. The Morgan fingerprint density at radius 3 is 2.71 bits per heavy atom. The van der Waals surface area contributed by atoms with Gasteiger partial charge in [-0.25, -0.2) is 0 Å². The van der Waals surface area contributed by atoms with Gasteiger partial charge in [0.25, 0.3) is 0 Å². The number of carbonyl (C=O) groups excluding carboxylic acids is 1. The molecule has 1 N–H and O–H groups in total. The molecule has 1 aromatic heterocycles. The fraction of sp³-hybridized carbons (Fsp3) is 0.562. The van der Waals surface area contributed by atoms with Gasteiger partial charge in [0, 0.05) is 4.88 Å².